The maximum absolute atomic E-state index is 10.4. The maximum Gasteiger partial charge on any atom is 0.334 e. The van der Waals surface area contributed by atoms with Gasteiger partial charge < -0.3 is 9.32 Å². The minimum atomic E-state index is -0.606. The van der Waals surface area contributed by atoms with Crippen LogP contribution in [0.4, 0.5) is 5.69 Å². The van der Waals surface area contributed by atoms with Crippen molar-refractivity contribution in [1.29, 1.82) is 0 Å². The predicted octanol–water partition coefficient (Wildman–Crippen LogP) is 0.633. The molecule has 6 nitrogen and oxygen atoms in total. The summed E-state index contributed by atoms with van der Waals surface area (Å²) in [5, 5.41) is 13.7. The summed E-state index contributed by atoms with van der Waals surface area (Å²) < 4.78 is 4.57. The number of rotatable bonds is 3. The highest BCUT2D eigenvalue weighted by molar-refractivity contribution is 5.57. The van der Waals surface area contributed by atoms with Crippen molar-refractivity contribution in [1.82, 2.24) is 5.16 Å². The molecular weight excluding hydrogens is 164 g/mol. The minimum absolute atomic E-state index is 0.00694. The quantitative estimate of drug-likeness (QED) is 0.377. The third-order valence-corrected chi connectivity index (χ3v) is 1.35. The van der Waals surface area contributed by atoms with Crippen LogP contribution in [0.2, 0.25) is 0 Å². The molecule has 0 amide bonds. The highest BCUT2D eigenvalue weighted by Gasteiger charge is 2.23. The van der Waals surface area contributed by atoms with Crippen molar-refractivity contribution in [2.45, 2.75) is 13.3 Å². The van der Waals surface area contributed by atoms with Crippen molar-refractivity contribution in [3.05, 3.63) is 21.6 Å². The molecule has 0 saturated heterocycles. The normalized spacial score (nSPS) is 9.75. The number of hydrogen-bond acceptors (Lipinski definition) is 5. The number of aryl methyl sites for hydroxylation is 1. The topological polar surface area (TPSA) is 86.2 Å². The molecule has 0 unspecified atom stereocenters. The summed E-state index contributed by atoms with van der Waals surface area (Å²) in [7, 11) is 0. The van der Waals surface area contributed by atoms with Crippen molar-refractivity contribution < 1.29 is 14.2 Å². The Morgan fingerprint density at radius 2 is 2.42 bits per heavy atom. The van der Waals surface area contributed by atoms with Crippen LogP contribution in [0.15, 0.2) is 4.52 Å². The smallest absolute Gasteiger partial charge is 0.334 e. The zero-order chi connectivity index (χ0) is 9.14. The van der Waals surface area contributed by atoms with Gasteiger partial charge in [-0.3, -0.25) is 10.1 Å². The van der Waals surface area contributed by atoms with Crippen molar-refractivity contribution >= 4 is 12.0 Å². The van der Waals surface area contributed by atoms with Crippen LogP contribution in [0.3, 0.4) is 0 Å². The third-order valence-electron chi connectivity index (χ3n) is 1.35. The van der Waals surface area contributed by atoms with E-state index in [1.807, 2.05) is 0 Å². The van der Waals surface area contributed by atoms with Gasteiger partial charge in [0.2, 0.25) is 5.76 Å². The molecule has 1 aromatic rings. The Bertz CT molecular complexity index is 317. The number of carbonyl (C=O) groups is 1. The first-order chi connectivity index (χ1) is 5.66. The summed E-state index contributed by atoms with van der Waals surface area (Å²) in [5.41, 5.74) is -0.0149. The maximum atomic E-state index is 10.4. The molecule has 0 aromatic carbocycles. The average Bonchev–Trinajstić information content (AvgIpc) is 2.32. The Balaban J connectivity index is 3.11. The van der Waals surface area contributed by atoms with Crippen LogP contribution in [-0.2, 0) is 11.2 Å². The largest absolute Gasteiger partial charge is 0.353 e. The van der Waals surface area contributed by atoms with Gasteiger partial charge in [-0.1, -0.05) is 5.16 Å². The number of nitro groups is 1. The second-order valence-electron chi connectivity index (χ2n) is 2.17. The molecule has 0 saturated carbocycles. The lowest BCUT2D eigenvalue weighted by Gasteiger charge is -1.86. The zero-order valence-corrected chi connectivity index (χ0v) is 6.31. The molecule has 1 heterocycles. The zero-order valence-electron chi connectivity index (χ0n) is 6.31. The van der Waals surface area contributed by atoms with Crippen molar-refractivity contribution in [2.24, 2.45) is 0 Å². The molecule has 1 aromatic heterocycles. The summed E-state index contributed by atoms with van der Waals surface area (Å²) in [6.07, 6.45) is 0.421. The second kappa shape index (κ2) is 3.12. The van der Waals surface area contributed by atoms with Gasteiger partial charge in [-0.2, -0.15) is 0 Å². The standard InChI is InChI=1S/C6H6N2O4/c1-4-6(8(10)11)5(2-3-9)12-7-4/h3H,2H2,1H3. The number of nitrogens with zero attached hydrogens (tertiary/aromatic N) is 2. The highest BCUT2D eigenvalue weighted by atomic mass is 16.6. The molecule has 0 aliphatic heterocycles. The number of aromatic nitrogens is 1. The fourth-order valence-electron chi connectivity index (χ4n) is 0.855. The Kier molecular flexibility index (Phi) is 2.18. The fraction of sp³-hybridized carbons (Fsp3) is 0.333. The number of carbonyl (C=O) groups excluding carboxylic acids is 1. The molecule has 6 heteroatoms. The van der Waals surface area contributed by atoms with Gasteiger partial charge in [0.15, 0.2) is 5.69 Å². The van der Waals surface area contributed by atoms with Crippen LogP contribution in [0.25, 0.3) is 0 Å². The molecule has 1 rings (SSSR count). The van der Waals surface area contributed by atoms with Crippen molar-refractivity contribution in [2.75, 3.05) is 0 Å². The van der Waals surface area contributed by atoms with E-state index in [0.717, 1.165) is 0 Å². The van der Waals surface area contributed by atoms with Crippen LogP contribution in [0, 0.1) is 17.0 Å². The van der Waals surface area contributed by atoms with Gasteiger partial charge >= 0.3 is 5.69 Å². The molecular formula is C6H6N2O4. The average molecular weight is 170 g/mol. The molecule has 0 bridgehead atoms. The third kappa shape index (κ3) is 1.31. The Morgan fingerprint density at radius 3 is 2.92 bits per heavy atom. The summed E-state index contributed by atoms with van der Waals surface area (Å²) in [4.78, 5) is 19.8. The molecule has 0 radical (unpaired) electrons. The SMILES string of the molecule is Cc1noc(CC=O)c1[N+](=O)[O-]. The molecule has 64 valence electrons. The van der Waals surface area contributed by atoms with Crippen molar-refractivity contribution in [3.63, 3.8) is 0 Å². The van der Waals surface area contributed by atoms with E-state index in [9.17, 15) is 14.9 Å². The van der Waals surface area contributed by atoms with E-state index in [2.05, 4.69) is 9.68 Å². The second-order valence-corrected chi connectivity index (χ2v) is 2.17. The van der Waals surface area contributed by atoms with Crippen LogP contribution in [-0.4, -0.2) is 16.4 Å². The number of aldehydes is 1. The summed E-state index contributed by atoms with van der Waals surface area (Å²) in [5.74, 6) is 0.00694. The first-order valence-corrected chi connectivity index (χ1v) is 3.20. The van der Waals surface area contributed by atoms with Gasteiger partial charge in [-0.15, -0.1) is 0 Å². The van der Waals surface area contributed by atoms with E-state index < -0.39 is 4.92 Å². The summed E-state index contributed by atoms with van der Waals surface area (Å²) in [6, 6.07) is 0. The monoisotopic (exact) mass is 170 g/mol. The van der Waals surface area contributed by atoms with Crippen LogP contribution >= 0.6 is 0 Å². The summed E-state index contributed by atoms with van der Waals surface area (Å²) >= 11 is 0. The number of hydrogen-bond donors (Lipinski definition) is 0. The van der Waals surface area contributed by atoms with E-state index in [1.54, 1.807) is 0 Å². The molecule has 0 spiro atoms. The van der Waals surface area contributed by atoms with E-state index in [0.29, 0.717) is 6.29 Å². The van der Waals surface area contributed by atoms with Crippen molar-refractivity contribution in [3.8, 4) is 0 Å². The van der Waals surface area contributed by atoms with Gasteiger partial charge in [0, 0.05) is 0 Å². The van der Waals surface area contributed by atoms with E-state index >= 15 is 0 Å². The first kappa shape index (κ1) is 8.38. The lowest BCUT2D eigenvalue weighted by Crippen LogP contribution is -1.93. The Labute approximate surface area is 67.3 Å². The predicted molar refractivity (Wildman–Crippen MR) is 37.7 cm³/mol. The van der Waals surface area contributed by atoms with Gasteiger partial charge in [0.05, 0.1) is 11.3 Å². The lowest BCUT2D eigenvalue weighted by atomic mass is 10.3. The molecule has 12 heavy (non-hydrogen) atoms. The molecule has 0 fully saturated rings. The Morgan fingerprint density at radius 1 is 1.75 bits per heavy atom. The van der Waals surface area contributed by atoms with Gasteiger partial charge in [0.1, 0.15) is 6.29 Å². The van der Waals surface area contributed by atoms with E-state index in [-0.39, 0.29) is 23.6 Å². The van der Waals surface area contributed by atoms with Gasteiger partial charge in [-0.25, -0.2) is 0 Å². The molecule has 0 N–H and O–H groups in total. The molecule has 0 aliphatic rings. The van der Waals surface area contributed by atoms with Crippen LogP contribution in [0.1, 0.15) is 11.5 Å². The van der Waals surface area contributed by atoms with Crippen LogP contribution < -0.4 is 0 Å². The highest BCUT2D eigenvalue weighted by Crippen LogP contribution is 2.21. The first-order valence-electron chi connectivity index (χ1n) is 3.20. The molecule has 0 atom stereocenters. The van der Waals surface area contributed by atoms with E-state index in [4.69, 9.17) is 0 Å². The van der Waals surface area contributed by atoms with E-state index in [1.165, 1.54) is 6.92 Å². The van der Waals surface area contributed by atoms with Crippen LogP contribution in [0.5, 0.6) is 0 Å². The van der Waals surface area contributed by atoms with Gasteiger partial charge in [-0.05, 0) is 6.92 Å². The fourth-order valence-corrected chi connectivity index (χ4v) is 0.855. The minimum Gasteiger partial charge on any atom is -0.353 e. The lowest BCUT2D eigenvalue weighted by molar-refractivity contribution is -0.386. The molecule has 0 aliphatic carbocycles. The van der Waals surface area contributed by atoms with Gasteiger partial charge in [0.25, 0.3) is 0 Å². The Hall–Kier alpha value is -1.72. The summed E-state index contributed by atoms with van der Waals surface area (Å²) in [6.45, 7) is 1.45.